The van der Waals surface area contributed by atoms with Gasteiger partial charge in [0.2, 0.25) is 5.91 Å². The van der Waals surface area contributed by atoms with E-state index >= 15 is 0 Å². The van der Waals surface area contributed by atoms with E-state index in [0.29, 0.717) is 11.3 Å². The maximum absolute atomic E-state index is 12.7. The van der Waals surface area contributed by atoms with E-state index in [1.807, 2.05) is 0 Å². The number of carbonyl (C=O) groups is 2. The van der Waals surface area contributed by atoms with Crippen molar-refractivity contribution in [1.29, 1.82) is 0 Å². The highest BCUT2D eigenvalue weighted by atomic mass is 16.6. The van der Waals surface area contributed by atoms with E-state index in [2.05, 4.69) is 15.3 Å². The number of carboxylic acids is 1. The Bertz CT molecular complexity index is 960. The lowest BCUT2D eigenvalue weighted by atomic mass is 9.70. The number of fused-ring (bicyclic) bond motifs is 1. The molecule has 0 saturated carbocycles. The van der Waals surface area contributed by atoms with Crippen molar-refractivity contribution in [2.45, 2.75) is 24.9 Å². The number of nitrogens with zero attached hydrogens (tertiary/aromatic N) is 2. The minimum atomic E-state index is -3.10. The maximum atomic E-state index is 12.7. The van der Waals surface area contributed by atoms with Crippen LogP contribution < -0.4 is 14.7 Å². The summed E-state index contributed by atoms with van der Waals surface area (Å²) in [6.07, 6.45) is 2.95. The summed E-state index contributed by atoms with van der Waals surface area (Å²) in [6, 6.07) is 2.62. The molecule has 1 fully saturated rings. The lowest BCUT2D eigenvalue weighted by molar-refractivity contribution is -0.142. The molecule has 1 amide bonds. The number of likely N-dealkylation sites (tertiary alicyclic amines) is 1. The van der Waals surface area contributed by atoms with Crippen molar-refractivity contribution in [3.05, 3.63) is 41.5 Å². The molecule has 3 heterocycles. The van der Waals surface area contributed by atoms with Crippen LogP contribution in [0.2, 0.25) is 6.32 Å². The lowest BCUT2D eigenvalue weighted by Gasteiger charge is -2.41. The molecule has 2 aliphatic rings. The summed E-state index contributed by atoms with van der Waals surface area (Å²) in [4.78, 5) is 32.9. The lowest BCUT2D eigenvalue weighted by Crippen LogP contribution is -2.58. The van der Waals surface area contributed by atoms with Gasteiger partial charge in [0.1, 0.15) is 23.5 Å². The number of nitrogens with one attached hydrogen (secondary N) is 2. The van der Waals surface area contributed by atoms with Gasteiger partial charge in [-0.2, -0.15) is 0 Å². The normalized spacial score (nSPS) is 18.7. The van der Waals surface area contributed by atoms with Gasteiger partial charge in [0.25, 0.3) is 0 Å². The van der Waals surface area contributed by atoms with Gasteiger partial charge < -0.3 is 39.7 Å². The topological polar surface area (TPSA) is 157 Å². The quantitative estimate of drug-likeness (QED) is 0.392. The molecule has 0 spiro atoms. The van der Waals surface area contributed by atoms with Crippen molar-refractivity contribution in [1.82, 2.24) is 20.2 Å². The minimum Gasteiger partial charge on any atom is -0.669 e. The Labute approximate surface area is 171 Å². The number of H-pyrrole nitrogens is 1. The van der Waals surface area contributed by atoms with E-state index in [4.69, 9.17) is 9.39 Å². The summed E-state index contributed by atoms with van der Waals surface area (Å²) in [6.45, 7) is -2.53. The Kier molecular flexibility index (Phi) is 5.14. The number of aryl methyl sites for hydroxylation is 1. The first-order chi connectivity index (χ1) is 14.3. The predicted octanol–water partition coefficient (Wildman–Crippen LogP) is -0.483. The SMILES string of the molecule is CNC(C(=O)N1CC(Oc2ccc3c(c2C(=O)O)O[B-](O)(O)CC3)C1)c1cnc[nH]1. The molecule has 0 bridgehead atoms. The number of hydrogen-bond acceptors (Lipinski definition) is 8. The molecule has 1 aromatic carbocycles. The van der Waals surface area contributed by atoms with Crippen molar-refractivity contribution in [2.75, 3.05) is 20.1 Å². The van der Waals surface area contributed by atoms with Gasteiger partial charge >= 0.3 is 12.7 Å². The summed E-state index contributed by atoms with van der Waals surface area (Å²) in [5.74, 6) is -1.47. The summed E-state index contributed by atoms with van der Waals surface area (Å²) < 4.78 is 11.0. The number of imidazole rings is 1. The summed E-state index contributed by atoms with van der Waals surface area (Å²) in [7, 11) is 1.67. The van der Waals surface area contributed by atoms with Crippen LogP contribution in [0.4, 0.5) is 0 Å². The maximum Gasteiger partial charge on any atom is 0.430 e. The van der Waals surface area contributed by atoms with E-state index in [9.17, 15) is 24.7 Å². The van der Waals surface area contributed by atoms with Gasteiger partial charge in [-0.25, -0.2) is 9.78 Å². The number of ether oxygens (including phenoxy) is 1. The molecule has 160 valence electrons. The van der Waals surface area contributed by atoms with Gasteiger partial charge in [0.05, 0.1) is 37.1 Å². The number of aromatic amines is 1. The van der Waals surface area contributed by atoms with Gasteiger partial charge in [-0.1, -0.05) is 12.4 Å². The van der Waals surface area contributed by atoms with Crippen LogP contribution in [0.3, 0.4) is 0 Å². The van der Waals surface area contributed by atoms with E-state index in [0.717, 1.165) is 0 Å². The summed E-state index contributed by atoms with van der Waals surface area (Å²) in [5.41, 5.74) is 0.962. The monoisotopic (exact) mass is 417 g/mol. The number of aromatic nitrogens is 2. The number of carbonyl (C=O) groups excluding carboxylic acids is 1. The number of likely N-dealkylation sites (N-methyl/N-ethyl adjacent to an activating group) is 1. The minimum absolute atomic E-state index is 0.00504. The van der Waals surface area contributed by atoms with Gasteiger partial charge in [-0.3, -0.25) is 4.79 Å². The fourth-order valence-electron chi connectivity index (χ4n) is 3.72. The molecule has 4 rings (SSSR count). The van der Waals surface area contributed by atoms with Gasteiger partial charge in [-0.15, -0.1) is 0 Å². The predicted molar refractivity (Wildman–Crippen MR) is 104 cm³/mol. The second kappa shape index (κ2) is 7.63. The molecule has 1 atom stereocenters. The average molecular weight is 417 g/mol. The van der Waals surface area contributed by atoms with Crippen molar-refractivity contribution in [3.8, 4) is 11.5 Å². The first-order valence-electron chi connectivity index (χ1n) is 9.58. The van der Waals surface area contributed by atoms with E-state index in [1.54, 1.807) is 24.2 Å². The largest absolute Gasteiger partial charge is 0.669 e. The Morgan fingerprint density at radius 2 is 2.17 bits per heavy atom. The Balaban J connectivity index is 1.46. The van der Waals surface area contributed by atoms with E-state index < -0.39 is 24.9 Å². The zero-order valence-corrected chi connectivity index (χ0v) is 16.2. The molecule has 1 unspecified atom stereocenters. The Morgan fingerprint density at radius 1 is 1.40 bits per heavy atom. The van der Waals surface area contributed by atoms with Crippen LogP contribution in [-0.2, 0) is 11.2 Å². The molecular weight excluding hydrogens is 395 g/mol. The smallest absolute Gasteiger partial charge is 0.430 e. The van der Waals surface area contributed by atoms with Gasteiger partial charge in [0, 0.05) is 0 Å². The summed E-state index contributed by atoms with van der Waals surface area (Å²) >= 11 is 0. The molecule has 0 radical (unpaired) electrons. The first kappa shape index (κ1) is 20.2. The number of aromatic carboxylic acids is 1. The van der Waals surface area contributed by atoms with Crippen molar-refractivity contribution < 1.29 is 34.1 Å². The Hall–Kier alpha value is -3.09. The third-order valence-electron chi connectivity index (χ3n) is 5.33. The molecule has 0 aliphatic carbocycles. The standard InChI is InChI=1S/C18H22BN4O7/c1-20-15(12-6-21-9-22-12)17(24)23-7-11(8-23)29-13-3-2-10-4-5-19(27,28)30-16(10)14(13)18(25)26/h2-3,6,9,11,15,20,27-28H,4-5,7-8H2,1H3,(H,21,22)(H,25,26)/q-1. The van der Waals surface area contributed by atoms with Crippen LogP contribution in [0.1, 0.15) is 27.7 Å². The number of rotatable bonds is 6. The highest BCUT2D eigenvalue weighted by Crippen LogP contribution is 2.39. The number of amides is 1. The molecule has 1 aromatic heterocycles. The Morgan fingerprint density at radius 3 is 2.80 bits per heavy atom. The zero-order valence-electron chi connectivity index (χ0n) is 16.2. The fourth-order valence-corrected chi connectivity index (χ4v) is 3.72. The first-order valence-corrected chi connectivity index (χ1v) is 9.58. The molecule has 11 nitrogen and oxygen atoms in total. The van der Waals surface area contributed by atoms with Crippen LogP contribution in [0.5, 0.6) is 11.5 Å². The number of carboxylic acid groups (broad SMARTS) is 1. The second-order valence-corrected chi connectivity index (χ2v) is 7.46. The molecular formula is C18H22BN4O7-. The van der Waals surface area contributed by atoms with Crippen LogP contribution in [0.25, 0.3) is 0 Å². The van der Waals surface area contributed by atoms with Crippen LogP contribution in [0, 0.1) is 0 Å². The third-order valence-corrected chi connectivity index (χ3v) is 5.33. The highest BCUT2D eigenvalue weighted by Gasteiger charge is 2.38. The molecule has 12 heteroatoms. The molecule has 30 heavy (non-hydrogen) atoms. The van der Waals surface area contributed by atoms with Crippen LogP contribution in [-0.4, -0.2) is 74.9 Å². The van der Waals surface area contributed by atoms with E-state index in [-0.39, 0.29) is 48.8 Å². The molecule has 5 N–H and O–H groups in total. The second-order valence-electron chi connectivity index (χ2n) is 7.46. The van der Waals surface area contributed by atoms with Gasteiger partial charge in [0.15, 0.2) is 0 Å². The zero-order chi connectivity index (χ0) is 21.5. The van der Waals surface area contributed by atoms with Crippen molar-refractivity contribution in [3.63, 3.8) is 0 Å². The average Bonchev–Trinajstić information content (AvgIpc) is 3.17. The molecule has 2 aliphatic heterocycles. The molecule has 2 aromatic rings. The van der Waals surface area contributed by atoms with Crippen molar-refractivity contribution in [2.24, 2.45) is 0 Å². The summed E-state index contributed by atoms with van der Waals surface area (Å²) in [5, 5.41) is 32.2. The highest BCUT2D eigenvalue weighted by molar-refractivity contribution is 6.59. The van der Waals surface area contributed by atoms with Crippen LogP contribution in [0.15, 0.2) is 24.7 Å². The number of hydrogen-bond donors (Lipinski definition) is 5. The number of benzene rings is 1. The third kappa shape index (κ3) is 3.72. The van der Waals surface area contributed by atoms with Gasteiger partial charge in [-0.05, 0) is 25.1 Å². The molecule has 1 saturated heterocycles. The van der Waals surface area contributed by atoms with Crippen molar-refractivity contribution >= 4 is 18.6 Å². The van der Waals surface area contributed by atoms with E-state index in [1.165, 1.54) is 12.4 Å². The fraction of sp³-hybridized carbons (Fsp3) is 0.389. The van der Waals surface area contributed by atoms with Crippen LogP contribution >= 0.6 is 0 Å².